The third-order valence-electron chi connectivity index (χ3n) is 7.27. The fourth-order valence-electron chi connectivity index (χ4n) is 4.52. The minimum atomic E-state index is -0.830. The van der Waals surface area contributed by atoms with Crippen LogP contribution < -0.4 is 10.6 Å². The lowest BCUT2D eigenvalue weighted by Crippen LogP contribution is -2.20. The van der Waals surface area contributed by atoms with Gasteiger partial charge in [0.25, 0.3) is 0 Å². The monoisotopic (exact) mass is 658 g/mol. The topological polar surface area (TPSA) is 198 Å². The van der Waals surface area contributed by atoms with Crippen molar-refractivity contribution in [1.82, 2.24) is 9.97 Å². The molecule has 2 N–H and O–H groups in total. The molecule has 0 aliphatic rings. The molecular weight excluding hydrogens is 632 g/mol. The fraction of sp³-hybridized carbons (Fsp3) is 0.105. The zero-order valence-corrected chi connectivity index (χ0v) is 26.4. The van der Waals surface area contributed by atoms with E-state index in [9.17, 15) is 9.59 Å². The molecule has 1 heterocycles. The highest BCUT2D eigenvalue weighted by molar-refractivity contribution is 5.97. The Balaban J connectivity index is 1.47. The van der Waals surface area contributed by atoms with Gasteiger partial charge >= 0.3 is 11.9 Å². The Labute approximate surface area is 287 Å². The Morgan fingerprint density at radius 1 is 0.480 bits per heavy atom. The van der Waals surface area contributed by atoms with Crippen molar-refractivity contribution in [3.8, 4) is 24.3 Å². The minimum absolute atomic E-state index is 0.0477. The van der Waals surface area contributed by atoms with E-state index in [0.717, 1.165) is 11.1 Å². The molecule has 242 valence electrons. The van der Waals surface area contributed by atoms with E-state index in [1.165, 1.54) is 0 Å². The lowest BCUT2D eigenvalue weighted by atomic mass is 10.1. The molecule has 0 aliphatic carbocycles. The molecule has 5 aromatic rings. The second-order valence-electron chi connectivity index (χ2n) is 10.7. The van der Waals surface area contributed by atoms with Crippen molar-refractivity contribution in [2.45, 2.75) is 26.3 Å². The number of nitrogens with one attached hydrogen (secondary N) is 2. The van der Waals surface area contributed by atoms with Gasteiger partial charge in [-0.15, -0.1) is 0 Å². The summed E-state index contributed by atoms with van der Waals surface area (Å²) in [5.41, 5.74) is 4.25. The molecule has 4 aromatic carbocycles. The molecule has 0 fully saturated rings. The lowest BCUT2D eigenvalue weighted by molar-refractivity contribution is 0.0449. The number of benzene rings is 4. The summed E-state index contributed by atoms with van der Waals surface area (Å²) in [4.78, 5) is 36.1. The van der Waals surface area contributed by atoms with Gasteiger partial charge in [-0.25, -0.2) is 19.6 Å². The Morgan fingerprint density at radius 3 is 1.04 bits per heavy atom. The molecule has 12 nitrogen and oxygen atoms in total. The van der Waals surface area contributed by atoms with Gasteiger partial charge in [-0.1, -0.05) is 48.5 Å². The van der Waals surface area contributed by atoms with Gasteiger partial charge in [-0.3, -0.25) is 0 Å². The van der Waals surface area contributed by atoms with E-state index >= 15 is 0 Å². The number of rotatable bonds is 12. The van der Waals surface area contributed by atoms with Crippen LogP contribution in [-0.4, -0.2) is 21.9 Å². The number of esters is 2. The second kappa shape index (κ2) is 16.3. The third kappa shape index (κ3) is 8.83. The summed E-state index contributed by atoms with van der Waals surface area (Å²) in [5, 5.41) is 42.6. The number of nitrogens with zero attached hydrogens (tertiary/aromatic N) is 6. The SMILES string of the molecule is N#Cc1ccc(CNc2nc(C(=O)OCc3ccc(C#N)cc3)c(NCc3ccc(C#N)cc3)nc2C(=O)OCc2ccc(C#N)cc2)cc1. The van der Waals surface area contributed by atoms with Crippen molar-refractivity contribution in [2.75, 3.05) is 10.6 Å². The Hall–Kier alpha value is -7.54. The zero-order valence-electron chi connectivity index (χ0n) is 26.4. The summed E-state index contributed by atoms with van der Waals surface area (Å²) in [6.07, 6.45) is 0. The molecule has 0 bridgehead atoms. The molecule has 0 amide bonds. The molecule has 50 heavy (non-hydrogen) atoms. The highest BCUT2D eigenvalue weighted by atomic mass is 16.5. The maximum absolute atomic E-state index is 13.5. The average molecular weight is 659 g/mol. The van der Waals surface area contributed by atoms with Gasteiger partial charge in [0.2, 0.25) is 0 Å². The summed E-state index contributed by atoms with van der Waals surface area (Å²) in [6, 6.07) is 34.9. The quantitative estimate of drug-likeness (QED) is 0.151. The normalized spacial score (nSPS) is 10.0. The maximum Gasteiger partial charge on any atom is 0.361 e. The first kappa shape index (κ1) is 33.8. The molecule has 0 unspecified atom stereocenters. The number of aromatic nitrogens is 2. The second-order valence-corrected chi connectivity index (χ2v) is 10.7. The van der Waals surface area contributed by atoms with Crippen LogP contribution in [0.1, 0.15) is 65.5 Å². The summed E-state index contributed by atoms with van der Waals surface area (Å²) >= 11 is 0. The van der Waals surface area contributed by atoms with Crippen molar-refractivity contribution in [3.63, 3.8) is 0 Å². The molecule has 1 aromatic heterocycles. The van der Waals surface area contributed by atoms with Gasteiger partial charge in [-0.2, -0.15) is 21.0 Å². The highest BCUT2D eigenvalue weighted by Crippen LogP contribution is 2.23. The van der Waals surface area contributed by atoms with Crippen LogP contribution in [0.3, 0.4) is 0 Å². The van der Waals surface area contributed by atoms with Crippen LogP contribution in [0.4, 0.5) is 11.6 Å². The van der Waals surface area contributed by atoms with E-state index < -0.39 is 11.9 Å². The standard InChI is InChI=1S/C38H26N8O4/c39-17-25-1-9-29(10-2-25)21-43-35-33(37(47)49-23-31-13-5-27(19-41)6-14-31)46-36(44-22-30-11-3-26(18-40)4-12-30)34(45-35)38(48)50-24-32-15-7-28(20-42)8-16-32/h1-16H,21-24H2,(H,43,45)(H,44,46). The van der Waals surface area contributed by atoms with E-state index in [0.29, 0.717) is 33.4 Å². The maximum atomic E-state index is 13.5. The van der Waals surface area contributed by atoms with E-state index in [2.05, 4.69) is 32.7 Å². The average Bonchev–Trinajstić information content (AvgIpc) is 3.18. The predicted molar refractivity (Wildman–Crippen MR) is 180 cm³/mol. The van der Waals surface area contributed by atoms with Gasteiger partial charge in [0.1, 0.15) is 13.2 Å². The minimum Gasteiger partial charge on any atom is -0.456 e. The molecular formula is C38H26N8O4. The molecule has 0 aliphatic heterocycles. The number of ether oxygens (including phenoxy) is 2. The summed E-state index contributed by atoms with van der Waals surface area (Å²) in [7, 11) is 0. The number of anilines is 2. The largest absolute Gasteiger partial charge is 0.456 e. The summed E-state index contributed by atoms with van der Waals surface area (Å²) in [6.45, 7) is 0.0788. The molecule has 0 atom stereocenters. The van der Waals surface area contributed by atoms with Gasteiger partial charge < -0.3 is 20.1 Å². The highest BCUT2D eigenvalue weighted by Gasteiger charge is 2.25. The first-order chi connectivity index (χ1) is 24.4. The number of hydrogen-bond acceptors (Lipinski definition) is 12. The lowest BCUT2D eigenvalue weighted by Gasteiger charge is -2.16. The molecule has 0 saturated carbocycles. The van der Waals surface area contributed by atoms with Crippen LogP contribution >= 0.6 is 0 Å². The Morgan fingerprint density at radius 2 is 0.760 bits per heavy atom. The Bertz CT molecular complexity index is 2010. The van der Waals surface area contributed by atoms with E-state index in [-0.39, 0.29) is 49.3 Å². The van der Waals surface area contributed by atoms with E-state index in [1.807, 2.05) is 12.1 Å². The van der Waals surface area contributed by atoms with Crippen molar-refractivity contribution >= 4 is 23.6 Å². The van der Waals surface area contributed by atoms with E-state index in [1.54, 1.807) is 97.1 Å². The third-order valence-corrected chi connectivity index (χ3v) is 7.27. The number of carbonyl (C=O) groups excluding carboxylic acids is 2. The van der Waals surface area contributed by atoms with Crippen LogP contribution in [-0.2, 0) is 35.8 Å². The molecule has 0 radical (unpaired) electrons. The van der Waals surface area contributed by atoms with Crippen LogP contribution in [0.5, 0.6) is 0 Å². The molecule has 5 rings (SSSR count). The van der Waals surface area contributed by atoms with Crippen LogP contribution in [0.15, 0.2) is 97.1 Å². The summed E-state index contributed by atoms with van der Waals surface area (Å²) < 4.78 is 11.2. The van der Waals surface area contributed by atoms with Crippen molar-refractivity contribution < 1.29 is 19.1 Å². The van der Waals surface area contributed by atoms with Gasteiger partial charge in [0.05, 0.1) is 46.5 Å². The van der Waals surface area contributed by atoms with Gasteiger partial charge in [0, 0.05) is 13.1 Å². The molecule has 12 heteroatoms. The smallest absolute Gasteiger partial charge is 0.361 e. The van der Waals surface area contributed by atoms with Crippen LogP contribution in [0.25, 0.3) is 0 Å². The first-order valence-electron chi connectivity index (χ1n) is 15.1. The van der Waals surface area contributed by atoms with Crippen molar-refractivity contribution in [1.29, 1.82) is 21.0 Å². The predicted octanol–water partition coefficient (Wildman–Crippen LogP) is 5.90. The van der Waals surface area contributed by atoms with Crippen LogP contribution in [0, 0.1) is 45.3 Å². The summed E-state index contributed by atoms with van der Waals surface area (Å²) in [5.74, 6) is -1.76. The van der Waals surface area contributed by atoms with Crippen molar-refractivity contribution in [3.05, 3.63) is 153 Å². The zero-order chi connectivity index (χ0) is 35.3. The number of hydrogen-bond donors (Lipinski definition) is 2. The van der Waals surface area contributed by atoms with E-state index in [4.69, 9.17) is 30.5 Å². The first-order valence-corrected chi connectivity index (χ1v) is 15.1. The fourth-order valence-corrected chi connectivity index (χ4v) is 4.52. The number of carbonyl (C=O) groups is 2. The number of nitriles is 4. The molecule has 0 spiro atoms. The Kier molecular flexibility index (Phi) is 11.0. The van der Waals surface area contributed by atoms with Crippen molar-refractivity contribution in [2.24, 2.45) is 0 Å². The molecule has 0 saturated heterocycles. The van der Waals surface area contributed by atoms with Gasteiger partial charge in [-0.05, 0) is 70.8 Å². The van der Waals surface area contributed by atoms with Gasteiger partial charge in [0.15, 0.2) is 23.0 Å². The van der Waals surface area contributed by atoms with Crippen LogP contribution in [0.2, 0.25) is 0 Å².